The molecule has 3 heteroatoms. The van der Waals surface area contributed by atoms with Gasteiger partial charge in [0.2, 0.25) is 0 Å². The standard InChI is InChI=1S/C51H31N3/c1-3-11-37(12-4-1)53-47-18-10-9-17-41(47)42-26-32(19-22-48(42)53)33-20-23-49-43(27-33)44-28-34(21-24-50(44)54(49)38-13-5-2-6-14-38)35-25-36-30-52-31-46-40-16-8-7-15-39(40)45(29-35)51(36)46/h1-31H. The maximum Gasteiger partial charge on any atom is 0.0541 e. The molecule has 0 amide bonds. The molecule has 3 heterocycles. The summed E-state index contributed by atoms with van der Waals surface area (Å²) in [5.41, 5.74) is 17.0. The van der Waals surface area contributed by atoms with Crippen LogP contribution in [0.1, 0.15) is 0 Å². The topological polar surface area (TPSA) is 22.8 Å². The first kappa shape index (κ1) is 29.4. The van der Waals surface area contributed by atoms with E-state index >= 15 is 0 Å². The molecule has 0 saturated carbocycles. The molecule has 0 N–H and O–H groups in total. The smallest absolute Gasteiger partial charge is 0.0541 e. The van der Waals surface area contributed by atoms with E-state index in [0.29, 0.717) is 0 Å². The van der Waals surface area contributed by atoms with Crippen LogP contribution in [0.4, 0.5) is 0 Å². The van der Waals surface area contributed by atoms with Crippen LogP contribution in [0, 0.1) is 0 Å². The van der Waals surface area contributed by atoms with Crippen molar-refractivity contribution in [1.29, 1.82) is 0 Å². The van der Waals surface area contributed by atoms with E-state index in [9.17, 15) is 0 Å². The van der Waals surface area contributed by atoms with Crippen LogP contribution in [0.3, 0.4) is 0 Å². The minimum Gasteiger partial charge on any atom is -0.309 e. The van der Waals surface area contributed by atoms with Gasteiger partial charge < -0.3 is 9.13 Å². The van der Waals surface area contributed by atoms with Gasteiger partial charge in [0.15, 0.2) is 0 Å². The van der Waals surface area contributed by atoms with E-state index in [1.54, 1.807) is 0 Å². The highest BCUT2D eigenvalue weighted by Gasteiger charge is 2.23. The number of nitrogens with zero attached hydrogens (tertiary/aromatic N) is 3. The second kappa shape index (κ2) is 11.1. The number of rotatable bonds is 4. The first-order chi connectivity index (χ1) is 26.8. The molecule has 250 valence electrons. The van der Waals surface area contributed by atoms with Crippen molar-refractivity contribution < 1.29 is 0 Å². The van der Waals surface area contributed by atoms with Gasteiger partial charge in [-0.05, 0) is 118 Å². The molecule has 1 aliphatic carbocycles. The Balaban J connectivity index is 1.07. The zero-order valence-corrected chi connectivity index (χ0v) is 29.2. The summed E-state index contributed by atoms with van der Waals surface area (Å²) in [6, 6.07) is 64.4. The predicted molar refractivity (Wildman–Crippen MR) is 226 cm³/mol. The van der Waals surface area contributed by atoms with Gasteiger partial charge in [-0.15, -0.1) is 0 Å². The Labute approximate surface area is 311 Å². The second-order valence-electron chi connectivity index (χ2n) is 14.4. The van der Waals surface area contributed by atoms with Gasteiger partial charge in [0.25, 0.3) is 0 Å². The van der Waals surface area contributed by atoms with Gasteiger partial charge in [0.1, 0.15) is 0 Å². The third kappa shape index (κ3) is 4.15. The molecule has 0 saturated heterocycles. The van der Waals surface area contributed by atoms with Crippen molar-refractivity contribution in [3.8, 4) is 55.9 Å². The summed E-state index contributed by atoms with van der Waals surface area (Å²) >= 11 is 0. The van der Waals surface area contributed by atoms with Crippen molar-refractivity contribution in [1.82, 2.24) is 14.1 Å². The monoisotopic (exact) mass is 685 g/mol. The minimum absolute atomic E-state index is 1.15. The molecule has 11 aromatic rings. The molecule has 0 unspecified atom stereocenters. The second-order valence-corrected chi connectivity index (χ2v) is 14.4. The van der Waals surface area contributed by atoms with E-state index in [-0.39, 0.29) is 0 Å². The van der Waals surface area contributed by atoms with Crippen molar-refractivity contribution >= 4 is 54.4 Å². The molecule has 0 radical (unpaired) electrons. The van der Waals surface area contributed by atoms with Crippen LogP contribution in [0.2, 0.25) is 0 Å². The number of hydrogen-bond acceptors (Lipinski definition) is 1. The van der Waals surface area contributed by atoms with Crippen molar-refractivity contribution in [3.63, 3.8) is 0 Å². The average Bonchev–Trinajstić information content (AvgIpc) is 3.87. The molecule has 0 atom stereocenters. The Morgan fingerprint density at radius 2 is 0.796 bits per heavy atom. The van der Waals surface area contributed by atoms with Gasteiger partial charge in [0.05, 0.1) is 22.1 Å². The lowest BCUT2D eigenvalue weighted by molar-refractivity contribution is 1.18. The number of aromatic nitrogens is 3. The Morgan fingerprint density at radius 1 is 0.315 bits per heavy atom. The third-order valence-corrected chi connectivity index (χ3v) is 11.5. The van der Waals surface area contributed by atoms with Crippen LogP contribution >= 0.6 is 0 Å². The van der Waals surface area contributed by atoms with E-state index in [4.69, 9.17) is 0 Å². The van der Waals surface area contributed by atoms with Gasteiger partial charge in [-0.1, -0.05) is 97.1 Å². The number of benzene rings is 8. The summed E-state index contributed by atoms with van der Waals surface area (Å²) in [7, 11) is 0. The normalized spacial score (nSPS) is 12.1. The first-order valence-corrected chi connectivity index (χ1v) is 18.5. The van der Waals surface area contributed by atoms with Crippen LogP contribution in [0.5, 0.6) is 0 Å². The molecule has 0 spiro atoms. The average molecular weight is 686 g/mol. The minimum atomic E-state index is 1.15. The molecule has 54 heavy (non-hydrogen) atoms. The highest BCUT2D eigenvalue weighted by atomic mass is 15.0. The van der Waals surface area contributed by atoms with Crippen LogP contribution in [0.25, 0.3) is 110 Å². The molecule has 0 bridgehead atoms. The van der Waals surface area contributed by atoms with E-state index in [1.165, 1.54) is 105 Å². The molecule has 8 aromatic carbocycles. The predicted octanol–water partition coefficient (Wildman–Crippen LogP) is 13.4. The molecule has 3 nitrogen and oxygen atoms in total. The Kier molecular flexibility index (Phi) is 6.05. The summed E-state index contributed by atoms with van der Waals surface area (Å²) in [5, 5.41) is 7.45. The van der Waals surface area contributed by atoms with Gasteiger partial charge >= 0.3 is 0 Å². The SMILES string of the molecule is c1ccc(-n2c3ccccc3c3cc(-c4ccc5c(c4)c4cc(-c6cc7c8c(cncc8c6)-c6ccccc6-7)ccc4n5-c4ccccc4)ccc32)cc1. The van der Waals surface area contributed by atoms with Gasteiger partial charge in [-0.25, -0.2) is 0 Å². The molecule has 1 aliphatic rings. The maximum atomic E-state index is 4.66. The quantitative estimate of drug-likeness (QED) is 0.181. The number of fused-ring (bicyclic) bond motifs is 9. The molecule has 0 fully saturated rings. The van der Waals surface area contributed by atoms with Gasteiger partial charge in [-0.3, -0.25) is 4.98 Å². The van der Waals surface area contributed by atoms with E-state index in [0.717, 1.165) is 5.69 Å². The zero-order chi connectivity index (χ0) is 35.3. The summed E-state index contributed by atoms with van der Waals surface area (Å²) in [5.74, 6) is 0. The Morgan fingerprint density at radius 3 is 1.41 bits per heavy atom. The van der Waals surface area contributed by atoms with E-state index < -0.39 is 0 Å². The largest absolute Gasteiger partial charge is 0.309 e. The van der Waals surface area contributed by atoms with Crippen LogP contribution in [0.15, 0.2) is 188 Å². The molecule has 12 rings (SSSR count). The first-order valence-electron chi connectivity index (χ1n) is 18.5. The zero-order valence-electron chi connectivity index (χ0n) is 29.2. The number of pyridine rings is 1. The molecule has 3 aromatic heterocycles. The van der Waals surface area contributed by atoms with Crippen LogP contribution < -0.4 is 0 Å². The highest BCUT2D eigenvalue weighted by molar-refractivity contribution is 6.17. The van der Waals surface area contributed by atoms with Crippen LogP contribution in [-0.4, -0.2) is 14.1 Å². The molecular weight excluding hydrogens is 655 g/mol. The molecule has 0 aliphatic heterocycles. The van der Waals surface area contributed by atoms with Gasteiger partial charge in [0, 0.05) is 61.6 Å². The fourth-order valence-electron chi connectivity index (χ4n) is 9.11. The van der Waals surface area contributed by atoms with Crippen LogP contribution in [-0.2, 0) is 0 Å². The summed E-state index contributed by atoms with van der Waals surface area (Å²) < 4.78 is 4.78. The summed E-state index contributed by atoms with van der Waals surface area (Å²) in [6.07, 6.45) is 4.02. The summed E-state index contributed by atoms with van der Waals surface area (Å²) in [4.78, 5) is 4.66. The fraction of sp³-hybridized carbons (Fsp3) is 0. The lowest BCUT2D eigenvalue weighted by Gasteiger charge is -2.10. The van der Waals surface area contributed by atoms with Crippen molar-refractivity contribution in [3.05, 3.63) is 188 Å². The lowest BCUT2D eigenvalue weighted by atomic mass is 9.95. The van der Waals surface area contributed by atoms with Crippen molar-refractivity contribution in [2.45, 2.75) is 0 Å². The highest BCUT2D eigenvalue weighted by Crippen LogP contribution is 2.48. The fourth-order valence-corrected chi connectivity index (χ4v) is 9.11. The lowest BCUT2D eigenvalue weighted by Crippen LogP contribution is -1.93. The van der Waals surface area contributed by atoms with Crippen molar-refractivity contribution in [2.24, 2.45) is 0 Å². The molecular formula is C51H31N3. The van der Waals surface area contributed by atoms with E-state index in [2.05, 4.69) is 190 Å². The van der Waals surface area contributed by atoms with Crippen molar-refractivity contribution in [2.75, 3.05) is 0 Å². The van der Waals surface area contributed by atoms with E-state index in [1.807, 2.05) is 12.4 Å². The number of para-hydroxylation sites is 3. The Bertz CT molecular complexity index is 3310. The maximum absolute atomic E-state index is 4.66. The third-order valence-electron chi connectivity index (χ3n) is 11.5. The van der Waals surface area contributed by atoms with Gasteiger partial charge in [-0.2, -0.15) is 0 Å². The number of hydrogen-bond donors (Lipinski definition) is 0. The Hall–Kier alpha value is -7.23. The summed E-state index contributed by atoms with van der Waals surface area (Å²) in [6.45, 7) is 0.